The van der Waals surface area contributed by atoms with E-state index in [2.05, 4.69) is 4.72 Å². The molecule has 4 nitrogen and oxygen atoms in total. The summed E-state index contributed by atoms with van der Waals surface area (Å²) in [6, 6.07) is 16.6. The van der Waals surface area contributed by atoms with E-state index in [1.54, 1.807) is 12.1 Å². The Kier molecular flexibility index (Phi) is 5.83. The van der Waals surface area contributed by atoms with Crippen molar-refractivity contribution in [2.45, 2.75) is 5.75 Å². The first kappa shape index (κ1) is 16.8. The van der Waals surface area contributed by atoms with Crippen LogP contribution in [0.4, 0.5) is 5.69 Å². The maximum absolute atomic E-state index is 12.0. The molecule has 0 saturated carbocycles. The van der Waals surface area contributed by atoms with Gasteiger partial charge < -0.3 is 4.90 Å². The Morgan fingerprint density at radius 1 is 1.05 bits per heavy atom. The lowest BCUT2D eigenvalue weighted by atomic mass is 10.2. The van der Waals surface area contributed by atoms with E-state index in [4.69, 9.17) is 11.6 Å². The smallest absolute Gasteiger partial charge is 0.215 e. The fourth-order valence-electron chi connectivity index (χ4n) is 2.04. The Morgan fingerprint density at radius 3 is 2.32 bits per heavy atom. The Bertz CT molecular complexity index is 688. The molecule has 0 radical (unpaired) electrons. The molecule has 0 aliphatic carbocycles. The van der Waals surface area contributed by atoms with Crippen LogP contribution in [-0.2, 0) is 15.8 Å². The van der Waals surface area contributed by atoms with Crippen molar-refractivity contribution >= 4 is 27.3 Å². The fraction of sp³-hybridized carbons (Fsp3) is 0.250. The molecule has 0 aliphatic rings. The predicted octanol–water partition coefficient (Wildman–Crippen LogP) is 2.90. The summed E-state index contributed by atoms with van der Waals surface area (Å²) in [6.45, 7) is 0.934. The zero-order valence-electron chi connectivity index (χ0n) is 12.4. The first-order valence-electron chi connectivity index (χ1n) is 6.94. The van der Waals surface area contributed by atoms with E-state index in [1.165, 1.54) is 0 Å². The molecule has 2 aromatic rings. The minimum atomic E-state index is -3.32. The number of hydrogen-bond acceptors (Lipinski definition) is 3. The molecule has 0 atom stereocenters. The molecule has 2 aromatic carbocycles. The molecule has 6 heteroatoms. The lowest BCUT2D eigenvalue weighted by Crippen LogP contribution is -2.33. The van der Waals surface area contributed by atoms with Gasteiger partial charge in [0.1, 0.15) is 0 Å². The second kappa shape index (κ2) is 7.63. The summed E-state index contributed by atoms with van der Waals surface area (Å²) in [5.41, 5.74) is 1.77. The Balaban J connectivity index is 1.83. The van der Waals surface area contributed by atoms with Crippen LogP contribution in [0.5, 0.6) is 0 Å². The maximum atomic E-state index is 12.0. The first-order valence-corrected chi connectivity index (χ1v) is 8.97. The largest absolute Gasteiger partial charge is 0.373 e. The fourth-order valence-corrected chi connectivity index (χ4v) is 3.30. The summed E-state index contributed by atoms with van der Waals surface area (Å²) in [6.07, 6.45) is 0. The van der Waals surface area contributed by atoms with E-state index in [1.807, 2.05) is 54.4 Å². The molecule has 0 amide bonds. The number of nitrogens with one attached hydrogen (secondary N) is 1. The zero-order valence-corrected chi connectivity index (χ0v) is 13.9. The lowest BCUT2D eigenvalue weighted by molar-refractivity contribution is 0.580. The Morgan fingerprint density at radius 2 is 1.68 bits per heavy atom. The third kappa shape index (κ3) is 5.33. The molecule has 118 valence electrons. The zero-order chi connectivity index (χ0) is 16.0. The van der Waals surface area contributed by atoms with Crippen molar-refractivity contribution in [1.29, 1.82) is 0 Å². The quantitative estimate of drug-likeness (QED) is 0.844. The highest BCUT2D eigenvalue weighted by molar-refractivity contribution is 7.88. The summed E-state index contributed by atoms with van der Waals surface area (Å²) in [4.78, 5) is 1.97. The minimum Gasteiger partial charge on any atom is -0.373 e. The molecule has 0 heterocycles. The summed E-state index contributed by atoms with van der Waals surface area (Å²) >= 11 is 5.85. The second-order valence-electron chi connectivity index (χ2n) is 5.04. The molecule has 0 aromatic heterocycles. The average molecular weight is 339 g/mol. The van der Waals surface area contributed by atoms with E-state index in [9.17, 15) is 8.42 Å². The molecular weight excluding hydrogens is 320 g/mol. The van der Waals surface area contributed by atoms with Gasteiger partial charge in [0, 0.05) is 30.8 Å². The number of rotatable bonds is 7. The Labute approximate surface area is 136 Å². The van der Waals surface area contributed by atoms with Gasteiger partial charge in [-0.2, -0.15) is 0 Å². The van der Waals surface area contributed by atoms with Gasteiger partial charge in [0.25, 0.3) is 0 Å². The number of sulfonamides is 1. The van der Waals surface area contributed by atoms with Crippen LogP contribution >= 0.6 is 11.6 Å². The van der Waals surface area contributed by atoms with Crippen LogP contribution in [0.3, 0.4) is 0 Å². The van der Waals surface area contributed by atoms with Crippen LogP contribution in [0.25, 0.3) is 0 Å². The molecular formula is C16H19ClN2O2S. The normalized spacial score (nSPS) is 11.4. The van der Waals surface area contributed by atoms with Gasteiger partial charge in [0.2, 0.25) is 10.0 Å². The number of halogens is 1. The van der Waals surface area contributed by atoms with Gasteiger partial charge in [0.05, 0.1) is 5.75 Å². The Hall–Kier alpha value is -1.56. The molecule has 2 rings (SSSR count). The van der Waals surface area contributed by atoms with Crippen molar-refractivity contribution in [2.24, 2.45) is 0 Å². The molecule has 0 spiro atoms. The number of likely N-dealkylation sites (N-methyl/N-ethyl adjacent to an activating group) is 1. The molecule has 0 bridgehead atoms. The molecule has 0 saturated heterocycles. The van der Waals surface area contributed by atoms with Gasteiger partial charge in [-0.3, -0.25) is 0 Å². The molecule has 0 fully saturated rings. The van der Waals surface area contributed by atoms with Crippen LogP contribution in [0.15, 0.2) is 54.6 Å². The highest BCUT2D eigenvalue weighted by Crippen LogP contribution is 2.16. The SMILES string of the molecule is CN(CCNS(=O)(=O)Cc1ccccc1)c1ccc(Cl)cc1. The minimum absolute atomic E-state index is 0.00149. The van der Waals surface area contributed by atoms with E-state index < -0.39 is 10.0 Å². The van der Waals surface area contributed by atoms with Gasteiger partial charge in [-0.05, 0) is 29.8 Å². The molecule has 0 unspecified atom stereocenters. The monoisotopic (exact) mass is 338 g/mol. The number of benzene rings is 2. The van der Waals surface area contributed by atoms with E-state index >= 15 is 0 Å². The van der Waals surface area contributed by atoms with E-state index in [0.717, 1.165) is 11.3 Å². The summed E-state index contributed by atoms with van der Waals surface area (Å²) in [7, 11) is -1.41. The highest BCUT2D eigenvalue weighted by atomic mass is 35.5. The number of nitrogens with zero attached hydrogens (tertiary/aromatic N) is 1. The van der Waals surface area contributed by atoms with Crippen molar-refractivity contribution in [3.05, 3.63) is 65.2 Å². The molecule has 0 aliphatic heterocycles. The highest BCUT2D eigenvalue weighted by Gasteiger charge is 2.11. The summed E-state index contributed by atoms with van der Waals surface area (Å²) in [5, 5.41) is 0.681. The van der Waals surface area contributed by atoms with Crippen LogP contribution in [-0.4, -0.2) is 28.6 Å². The lowest BCUT2D eigenvalue weighted by Gasteiger charge is -2.19. The van der Waals surface area contributed by atoms with Gasteiger partial charge in [-0.25, -0.2) is 13.1 Å². The van der Waals surface area contributed by atoms with Crippen molar-refractivity contribution in [3.63, 3.8) is 0 Å². The van der Waals surface area contributed by atoms with E-state index in [-0.39, 0.29) is 5.75 Å². The van der Waals surface area contributed by atoms with Crippen LogP contribution in [0.1, 0.15) is 5.56 Å². The van der Waals surface area contributed by atoms with Crippen LogP contribution in [0.2, 0.25) is 5.02 Å². The average Bonchev–Trinajstić information content (AvgIpc) is 2.48. The van der Waals surface area contributed by atoms with Gasteiger partial charge in [-0.1, -0.05) is 41.9 Å². The van der Waals surface area contributed by atoms with Crippen molar-refractivity contribution < 1.29 is 8.42 Å². The van der Waals surface area contributed by atoms with Gasteiger partial charge in [-0.15, -0.1) is 0 Å². The van der Waals surface area contributed by atoms with Crippen LogP contribution < -0.4 is 9.62 Å². The molecule has 1 N–H and O–H groups in total. The van der Waals surface area contributed by atoms with Crippen LogP contribution in [0, 0.1) is 0 Å². The molecule has 22 heavy (non-hydrogen) atoms. The van der Waals surface area contributed by atoms with Crippen molar-refractivity contribution in [3.8, 4) is 0 Å². The second-order valence-corrected chi connectivity index (χ2v) is 7.28. The number of anilines is 1. The predicted molar refractivity (Wildman–Crippen MR) is 91.8 cm³/mol. The first-order chi connectivity index (χ1) is 10.5. The maximum Gasteiger partial charge on any atom is 0.215 e. The number of hydrogen-bond donors (Lipinski definition) is 1. The summed E-state index contributed by atoms with van der Waals surface area (Å²) < 4.78 is 26.7. The van der Waals surface area contributed by atoms with Crippen molar-refractivity contribution in [2.75, 3.05) is 25.0 Å². The van der Waals surface area contributed by atoms with Gasteiger partial charge >= 0.3 is 0 Å². The standard InChI is InChI=1S/C16H19ClN2O2S/c1-19(16-9-7-15(17)8-10-16)12-11-18-22(20,21)13-14-5-3-2-4-6-14/h2-10,18H,11-13H2,1H3. The van der Waals surface area contributed by atoms with Gasteiger partial charge in [0.15, 0.2) is 0 Å². The summed E-state index contributed by atoms with van der Waals surface area (Å²) in [5.74, 6) is -0.00149. The van der Waals surface area contributed by atoms with Crippen molar-refractivity contribution in [1.82, 2.24) is 4.72 Å². The third-order valence-electron chi connectivity index (χ3n) is 3.24. The van der Waals surface area contributed by atoms with E-state index in [0.29, 0.717) is 18.1 Å². The third-order valence-corrected chi connectivity index (χ3v) is 4.85. The topological polar surface area (TPSA) is 49.4 Å².